The van der Waals surface area contributed by atoms with Gasteiger partial charge in [-0.05, 0) is 42.3 Å². The van der Waals surface area contributed by atoms with E-state index in [1.165, 1.54) is 29.2 Å². The number of rotatable bonds is 7. The number of carbonyl (C=O) groups excluding carboxylic acids is 2. The lowest BCUT2D eigenvalue weighted by atomic mass is 9.98. The van der Waals surface area contributed by atoms with Gasteiger partial charge in [-0.15, -0.1) is 6.42 Å². The van der Waals surface area contributed by atoms with Crippen molar-refractivity contribution < 1.29 is 35.9 Å². The Morgan fingerprint density at radius 1 is 1.06 bits per heavy atom. The van der Waals surface area contributed by atoms with Crippen LogP contribution in [0.3, 0.4) is 0 Å². The van der Waals surface area contributed by atoms with Crippen LogP contribution in [0.15, 0.2) is 53.0 Å². The van der Waals surface area contributed by atoms with Crippen LogP contribution in [0.25, 0.3) is 5.57 Å². The molecule has 0 aromatic heterocycles. The molecule has 1 atom stereocenters. The summed E-state index contributed by atoms with van der Waals surface area (Å²) in [5.41, 5.74) is -3.12. The maximum atomic E-state index is 13.7. The number of benzene rings is 2. The van der Waals surface area contributed by atoms with Crippen molar-refractivity contribution >= 4 is 33.2 Å². The van der Waals surface area contributed by atoms with Crippen LogP contribution in [0.1, 0.15) is 53.4 Å². The Balaban J connectivity index is 2.44. The molecule has 2 aromatic carbocycles. The lowest BCUT2D eigenvalue weighted by molar-refractivity contribution is -0.137. The van der Waals surface area contributed by atoms with Crippen LogP contribution in [-0.2, 0) is 11.0 Å². The van der Waals surface area contributed by atoms with Gasteiger partial charge in [0.05, 0.1) is 23.7 Å². The highest BCUT2D eigenvalue weighted by molar-refractivity contribution is 9.10. The molecule has 0 spiro atoms. The maximum Gasteiger partial charge on any atom is 0.417 e. The second kappa shape index (κ2) is 11.1. The molecule has 0 bridgehead atoms. The number of hydrogen-bond acceptors (Lipinski definition) is 2. The first-order valence-electron chi connectivity index (χ1n) is 10.2. The minimum absolute atomic E-state index is 0.0543. The average Bonchev–Trinajstić information content (AvgIpc) is 2.78. The number of carbonyl (C=O) groups is 2. The lowest BCUT2D eigenvalue weighted by Gasteiger charge is -2.27. The fourth-order valence-electron chi connectivity index (χ4n) is 3.30. The van der Waals surface area contributed by atoms with Crippen molar-refractivity contribution in [3.63, 3.8) is 0 Å². The molecule has 35 heavy (non-hydrogen) atoms. The molecule has 1 amide bonds. The summed E-state index contributed by atoms with van der Waals surface area (Å²) in [4.78, 5) is 26.2. The van der Waals surface area contributed by atoms with E-state index in [1.54, 1.807) is 13.8 Å². The van der Waals surface area contributed by atoms with E-state index in [0.29, 0.717) is 17.7 Å². The summed E-state index contributed by atoms with van der Waals surface area (Å²) in [6.07, 6.45) is -4.16. The van der Waals surface area contributed by atoms with Gasteiger partial charge >= 0.3 is 12.4 Å². The molecule has 0 unspecified atom stereocenters. The second-order valence-electron chi connectivity index (χ2n) is 7.52. The molecule has 0 aliphatic rings. The zero-order valence-electron chi connectivity index (χ0n) is 18.6. The molecule has 10 heteroatoms. The standard InChI is InChI=1S/C25H20BrF6NO2/c1-4-10-33(23(35)5-2)15(3)16-6-8-17(9-7-16)22(34)14-21(25(30,31)32)18-11-19(24(27,28)29)13-20(26)12-18/h1,6-9,11-15H,5,10H2,2-3H3/t15-/m0/s1. The van der Waals surface area contributed by atoms with E-state index in [9.17, 15) is 35.9 Å². The number of alkyl halides is 6. The minimum atomic E-state index is -5.09. The van der Waals surface area contributed by atoms with Crippen LogP contribution >= 0.6 is 15.9 Å². The summed E-state index contributed by atoms with van der Waals surface area (Å²) in [6.45, 7) is 3.45. The van der Waals surface area contributed by atoms with E-state index in [-0.39, 0.29) is 35.0 Å². The van der Waals surface area contributed by atoms with Crippen LogP contribution in [0.5, 0.6) is 0 Å². The third-order valence-electron chi connectivity index (χ3n) is 5.15. The molecule has 186 valence electrons. The van der Waals surface area contributed by atoms with Crippen LogP contribution in [0, 0.1) is 12.3 Å². The molecular weight excluding hydrogens is 540 g/mol. The van der Waals surface area contributed by atoms with Gasteiger partial charge < -0.3 is 4.90 Å². The number of allylic oxidation sites excluding steroid dienone is 2. The largest absolute Gasteiger partial charge is 0.417 e. The summed E-state index contributed by atoms with van der Waals surface area (Å²) >= 11 is 2.79. The molecule has 0 aliphatic carbocycles. The predicted molar refractivity (Wildman–Crippen MR) is 123 cm³/mol. The molecule has 0 radical (unpaired) electrons. The topological polar surface area (TPSA) is 37.4 Å². The van der Waals surface area contributed by atoms with Gasteiger partial charge in [-0.2, -0.15) is 26.3 Å². The fourth-order valence-corrected chi connectivity index (χ4v) is 3.79. The number of ketones is 1. The van der Waals surface area contributed by atoms with E-state index < -0.39 is 40.9 Å². The van der Waals surface area contributed by atoms with Gasteiger partial charge in [0.2, 0.25) is 5.91 Å². The third kappa shape index (κ3) is 7.21. The third-order valence-corrected chi connectivity index (χ3v) is 5.60. The van der Waals surface area contributed by atoms with E-state index in [2.05, 4.69) is 21.9 Å². The van der Waals surface area contributed by atoms with Crippen molar-refractivity contribution in [2.75, 3.05) is 6.54 Å². The van der Waals surface area contributed by atoms with E-state index in [4.69, 9.17) is 6.42 Å². The van der Waals surface area contributed by atoms with Gasteiger partial charge in [0, 0.05) is 16.5 Å². The van der Waals surface area contributed by atoms with Gasteiger partial charge in [-0.3, -0.25) is 9.59 Å². The zero-order chi connectivity index (χ0) is 26.6. The highest BCUT2D eigenvalue weighted by Gasteiger charge is 2.38. The van der Waals surface area contributed by atoms with Gasteiger partial charge in [0.15, 0.2) is 5.78 Å². The van der Waals surface area contributed by atoms with Crippen molar-refractivity contribution in [3.05, 3.63) is 75.3 Å². The molecule has 2 aromatic rings. The number of hydrogen-bond donors (Lipinski definition) is 0. The molecule has 0 heterocycles. The molecule has 0 N–H and O–H groups in total. The Labute approximate surface area is 206 Å². The Kier molecular flexibility index (Phi) is 8.95. The van der Waals surface area contributed by atoms with Crippen molar-refractivity contribution in [3.8, 4) is 12.3 Å². The van der Waals surface area contributed by atoms with Crippen molar-refractivity contribution in [2.24, 2.45) is 0 Å². The van der Waals surface area contributed by atoms with Gasteiger partial charge in [-0.1, -0.05) is 53.0 Å². The van der Waals surface area contributed by atoms with Gasteiger partial charge in [0.25, 0.3) is 0 Å². The first kappa shape index (κ1) is 28.2. The summed E-state index contributed by atoms with van der Waals surface area (Å²) in [5, 5.41) is 0. The number of nitrogens with zero attached hydrogens (tertiary/aromatic N) is 1. The fraction of sp³-hybridized carbons (Fsp3) is 0.280. The summed E-state index contributed by atoms with van der Waals surface area (Å²) in [5.74, 6) is 1.15. The SMILES string of the molecule is C#CCN(C(=O)CC)[C@@H](C)c1ccc(C(=O)C=C(c2cc(Br)cc(C(F)(F)F)c2)C(F)(F)F)cc1. The highest BCUT2D eigenvalue weighted by atomic mass is 79.9. The molecular formula is C25H20BrF6NO2. The monoisotopic (exact) mass is 559 g/mol. The number of amides is 1. The molecule has 0 saturated heterocycles. The molecule has 3 nitrogen and oxygen atoms in total. The minimum Gasteiger partial charge on any atom is -0.325 e. The van der Waals surface area contributed by atoms with E-state index in [1.807, 2.05) is 0 Å². The summed E-state index contributed by atoms with van der Waals surface area (Å²) in [7, 11) is 0. The first-order valence-corrected chi connectivity index (χ1v) is 11.0. The summed E-state index contributed by atoms with van der Waals surface area (Å²) < 4.78 is 80.2. The van der Waals surface area contributed by atoms with Crippen LogP contribution in [0.2, 0.25) is 0 Å². The smallest absolute Gasteiger partial charge is 0.325 e. The number of halogens is 7. The maximum absolute atomic E-state index is 13.7. The van der Waals surface area contributed by atoms with E-state index in [0.717, 1.165) is 6.07 Å². The molecule has 0 aliphatic heterocycles. The molecule has 0 fully saturated rings. The van der Waals surface area contributed by atoms with Crippen LogP contribution < -0.4 is 0 Å². The molecule has 2 rings (SSSR count). The zero-order valence-corrected chi connectivity index (χ0v) is 20.2. The quantitative estimate of drug-likeness (QED) is 0.155. The Hall–Kier alpha value is -3.06. The number of terminal acetylenes is 1. The van der Waals surface area contributed by atoms with Crippen molar-refractivity contribution in [1.29, 1.82) is 0 Å². The predicted octanol–water partition coefficient (Wildman–Crippen LogP) is 7.23. The Morgan fingerprint density at radius 2 is 1.66 bits per heavy atom. The van der Waals surface area contributed by atoms with Crippen molar-refractivity contribution in [2.45, 2.75) is 38.7 Å². The Morgan fingerprint density at radius 3 is 2.14 bits per heavy atom. The first-order chi connectivity index (χ1) is 16.2. The van der Waals surface area contributed by atoms with Gasteiger partial charge in [0.1, 0.15) is 0 Å². The average molecular weight is 560 g/mol. The highest BCUT2D eigenvalue weighted by Crippen LogP contribution is 2.39. The molecule has 0 saturated carbocycles. The van der Waals surface area contributed by atoms with Crippen molar-refractivity contribution in [1.82, 2.24) is 4.90 Å². The van der Waals surface area contributed by atoms with Crippen LogP contribution in [-0.4, -0.2) is 29.3 Å². The Bertz CT molecular complexity index is 1160. The lowest BCUT2D eigenvalue weighted by Crippen LogP contribution is -2.33. The van der Waals surface area contributed by atoms with E-state index >= 15 is 0 Å². The summed E-state index contributed by atoms with van der Waals surface area (Å²) in [6, 6.07) is 6.91. The van der Waals surface area contributed by atoms with Gasteiger partial charge in [-0.25, -0.2) is 0 Å². The van der Waals surface area contributed by atoms with Crippen LogP contribution in [0.4, 0.5) is 26.3 Å². The second-order valence-corrected chi connectivity index (χ2v) is 8.44. The normalized spacial score (nSPS) is 13.2.